The van der Waals surface area contributed by atoms with Gasteiger partial charge in [0.2, 0.25) is 0 Å². The standard InChI is InChI=1S/C13H10BrClS/c14-9-1-2-12-7-8-13(16-12)10-3-5-11(15)6-4-10/h1-8H,9H2. The van der Waals surface area contributed by atoms with Crippen LogP contribution in [0.2, 0.25) is 5.02 Å². The van der Waals surface area contributed by atoms with E-state index in [1.54, 1.807) is 11.3 Å². The molecule has 82 valence electrons. The molecule has 0 atom stereocenters. The van der Waals surface area contributed by atoms with E-state index in [1.807, 2.05) is 24.3 Å². The summed E-state index contributed by atoms with van der Waals surface area (Å²) in [6.45, 7) is 0. The van der Waals surface area contributed by atoms with E-state index in [-0.39, 0.29) is 0 Å². The van der Waals surface area contributed by atoms with Gasteiger partial charge in [-0.1, -0.05) is 45.7 Å². The quantitative estimate of drug-likeness (QED) is 0.658. The van der Waals surface area contributed by atoms with Crippen molar-refractivity contribution >= 4 is 44.9 Å². The van der Waals surface area contributed by atoms with Crippen molar-refractivity contribution in [2.24, 2.45) is 0 Å². The van der Waals surface area contributed by atoms with Crippen molar-refractivity contribution in [3.8, 4) is 10.4 Å². The molecular formula is C13H10BrClS. The third-order valence-electron chi connectivity index (χ3n) is 2.13. The molecule has 16 heavy (non-hydrogen) atoms. The van der Waals surface area contributed by atoms with Crippen molar-refractivity contribution in [1.29, 1.82) is 0 Å². The first-order chi connectivity index (χ1) is 7.79. The summed E-state index contributed by atoms with van der Waals surface area (Å²) in [6.07, 6.45) is 4.22. The van der Waals surface area contributed by atoms with Crippen LogP contribution < -0.4 is 0 Å². The summed E-state index contributed by atoms with van der Waals surface area (Å²) >= 11 is 11.0. The summed E-state index contributed by atoms with van der Waals surface area (Å²) < 4.78 is 0. The van der Waals surface area contributed by atoms with Crippen LogP contribution in [0.3, 0.4) is 0 Å². The number of halogens is 2. The Bertz CT molecular complexity index is 485. The maximum Gasteiger partial charge on any atom is 0.0406 e. The maximum absolute atomic E-state index is 5.86. The van der Waals surface area contributed by atoms with E-state index in [9.17, 15) is 0 Å². The Morgan fingerprint density at radius 1 is 1.12 bits per heavy atom. The molecule has 0 fully saturated rings. The molecule has 1 aromatic carbocycles. The zero-order valence-corrected chi connectivity index (χ0v) is 11.6. The maximum atomic E-state index is 5.86. The summed E-state index contributed by atoms with van der Waals surface area (Å²) in [5.41, 5.74) is 1.22. The molecule has 0 spiro atoms. The van der Waals surface area contributed by atoms with Crippen LogP contribution in [0, 0.1) is 0 Å². The summed E-state index contributed by atoms with van der Waals surface area (Å²) in [4.78, 5) is 2.54. The predicted molar refractivity (Wildman–Crippen MR) is 77.6 cm³/mol. The second-order valence-corrected chi connectivity index (χ2v) is 5.46. The van der Waals surface area contributed by atoms with Gasteiger partial charge in [-0.15, -0.1) is 11.3 Å². The van der Waals surface area contributed by atoms with Crippen LogP contribution in [-0.4, -0.2) is 5.33 Å². The number of alkyl halides is 1. The fourth-order valence-corrected chi connectivity index (χ4v) is 2.63. The van der Waals surface area contributed by atoms with Gasteiger partial charge in [-0.25, -0.2) is 0 Å². The van der Waals surface area contributed by atoms with Gasteiger partial charge >= 0.3 is 0 Å². The van der Waals surface area contributed by atoms with E-state index in [0.29, 0.717) is 0 Å². The number of hydrogen-bond acceptors (Lipinski definition) is 1. The molecule has 0 radical (unpaired) electrons. The lowest BCUT2D eigenvalue weighted by atomic mass is 10.2. The fourth-order valence-electron chi connectivity index (χ4n) is 1.37. The molecule has 2 aromatic rings. The van der Waals surface area contributed by atoms with Gasteiger partial charge in [-0.05, 0) is 35.9 Å². The van der Waals surface area contributed by atoms with Crippen LogP contribution in [0.15, 0.2) is 42.5 Å². The topological polar surface area (TPSA) is 0 Å². The number of thiophene rings is 1. The van der Waals surface area contributed by atoms with Crippen LogP contribution in [0.5, 0.6) is 0 Å². The highest BCUT2D eigenvalue weighted by Crippen LogP contribution is 2.29. The van der Waals surface area contributed by atoms with Gasteiger partial charge in [-0.3, -0.25) is 0 Å². The second-order valence-electron chi connectivity index (χ2n) is 3.27. The molecule has 0 bridgehead atoms. The third-order valence-corrected chi connectivity index (χ3v) is 3.85. The molecule has 2 rings (SSSR count). The minimum atomic E-state index is 0.778. The minimum absolute atomic E-state index is 0.778. The van der Waals surface area contributed by atoms with E-state index < -0.39 is 0 Å². The molecule has 1 heterocycles. The lowest BCUT2D eigenvalue weighted by Gasteiger charge is -1.96. The molecular weight excluding hydrogens is 304 g/mol. The minimum Gasteiger partial charge on any atom is -0.136 e. The third kappa shape index (κ3) is 2.97. The van der Waals surface area contributed by atoms with E-state index >= 15 is 0 Å². The second kappa shape index (κ2) is 5.67. The number of allylic oxidation sites excluding steroid dienone is 1. The zero-order chi connectivity index (χ0) is 11.4. The summed E-state index contributed by atoms with van der Waals surface area (Å²) in [5, 5.41) is 1.67. The monoisotopic (exact) mass is 312 g/mol. The van der Waals surface area contributed by atoms with E-state index in [4.69, 9.17) is 11.6 Å². The van der Waals surface area contributed by atoms with E-state index in [2.05, 4.69) is 40.2 Å². The fraction of sp³-hybridized carbons (Fsp3) is 0.0769. The van der Waals surface area contributed by atoms with Gasteiger partial charge in [0.15, 0.2) is 0 Å². The van der Waals surface area contributed by atoms with Gasteiger partial charge in [0.1, 0.15) is 0 Å². The van der Waals surface area contributed by atoms with Crippen LogP contribution in [0.1, 0.15) is 4.88 Å². The largest absolute Gasteiger partial charge is 0.136 e. The van der Waals surface area contributed by atoms with E-state index in [0.717, 1.165) is 10.4 Å². The molecule has 0 amide bonds. The van der Waals surface area contributed by atoms with Crippen LogP contribution in [0.25, 0.3) is 16.5 Å². The molecule has 0 unspecified atom stereocenters. The zero-order valence-electron chi connectivity index (χ0n) is 8.49. The van der Waals surface area contributed by atoms with Crippen LogP contribution in [-0.2, 0) is 0 Å². The highest BCUT2D eigenvalue weighted by Gasteiger charge is 2.00. The molecule has 0 saturated carbocycles. The molecule has 0 N–H and O–H groups in total. The Morgan fingerprint density at radius 2 is 1.88 bits per heavy atom. The first-order valence-corrected chi connectivity index (χ1v) is 7.19. The Balaban J connectivity index is 2.24. The molecule has 0 aliphatic carbocycles. The number of hydrogen-bond donors (Lipinski definition) is 0. The van der Waals surface area contributed by atoms with Crippen molar-refractivity contribution < 1.29 is 0 Å². The molecule has 0 aliphatic heterocycles. The molecule has 1 aromatic heterocycles. The molecule has 0 saturated heterocycles. The van der Waals surface area contributed by atoms with Gasteiger partial charge in [0, 0.05) is 20.1 Å². The lowest BCUT2D eigenvalue weighted by molar-refractivity contribution is 1.70. The van der Waals surface area contributed by atoms with Gasteiger partial charge in [0.25, 0.3) is 0 Å². The highest BCUT2D eigenvalue weighted by atomic mass is 79.9. The molecule has 0 aliphatic rings. The predicted octanol–water partition coefficient (Wildman–Crippen LogP) is 5.48. The van der Waals surface area contributed by atoms with Crippen LogP contribution in [0.4, 0.5) is 0 Å². The van der Waals surface area contributed by atoms with Crippen molar-refractivity contribution in [3.05, 3.63) is 52.4 Å². The van der Waals surface area contributed by atoms with Crippen molar-refractivity contribution in [2.45, 2.75) is 0 Å². The average molecular weight is 314 g/mol. The lowest BCUT2D eigenvalue weighted by Crippen LogP contribution is -1.69. The normalized spacial score (nSPS) is 11.1. The Labute approximate surface area is 113 Å². The Hall–Kier alpha value is -0.570. The smallest absolute Gasteiger partial charge is 0.0406 e. The van der Waals surface area contributed by atoms with Crippen molar-refractivity contribution in [3.63, 3.8) is 0 Å². The first kappa shape index (κ1) is 11.9. The summed E-state index contributed by atoms with van der Waals surface area (Å²) in [6, 6.07) is 12.2. The van der Waals surface area contributed by atoms with Gasteiger partial charge in [-0.2, -0.15) is 0 Å². The van der Waals surface area contributed by atoms with Crippen LogP contribution >= 0.6 is 38.9 Å². The number of benzene rings is 1. The average Bonchev–Trinajstić information content (AvgIpc) is 2.76. The summed E-state index contributed by atoms with van der Waals surface area (Å²) in [5.74, 6) is 0. The van der Waals surface area contributed by atoms with Gasteiger partial charge < -0.3 is 0 Å². The van der Waals surface area contributed by atoms with Gasteiger partial charge in [0.05, 0.1) is 0 Å². The van der Waals surface area contributed by atoms with Crippen molar-refractivity contribution in [2.75, 3.05) is 5.33 Å². The number of rotatable bonds is 3. The Morgan fingerprint density at radius 3 is 2.56 bits per heavy atom. The molecule has 3 heteroatoms. The SMILES string of the molecule is Clc1ccc(-c2ccc(C=CCBr)s2)cc1. The molecule has 0 nitrogen and oxygen atoms in total. The van der Waals surface area contributed by atoms with E-state index in [1.165, 1.54) is 15.3 Å². The van der Waals surface area contributed by atoms with Crippen molar-refractivity contribution in [1.82, 2.24) is 0 Å². The highest BCUT2D eigenvalue weighted by molar-refractivity contribution is 9.09. The Kier molecular flexibility index (Phi) is 4.22. The first-order valence-electron chi connectivity index (χ1n) is 4.88. The summed E-state index contributed by atoms with van der Waals surface area (Å²) in [7, 11) is 0.